The number of aromatic nitrogens is 2. The van der Waals surface area contributed by atoms with Crippen LogP contribution in [0.4, 0.5) is 5.69 Å². The Balaban J connectivity index is 1.37. The summed E-state index contributed by atoms with van der Waals surface area (Å²) in [5.74, 6) is 1.99. The molecule has 11 heteroatoms. The third-order valence-electron chi connectivity index (χ3n) is 6.33. The van der Waals surface area contributed by atoms with Crippen molar-refractivity contribution in [2.75, 3.05) is 18.6 Å². The highest BCUT2D eigenvalue weighted by Crippen LogP contribution is 2.38. The molecule has 3 aromatic rings. The van der Waals surface area contributed by atoms with Crippen LogP contribution in [0, 0.1) is 6.92 Å². The van der Waals surface area contributed by atoms with Crippen LogP contribution in [0.3, 0.4) is 0 Å². The summed E-state index contributed by atoms with van der Waals surface area (Å²) in [5, 5.41) is 4.03. The molecule has 2 aliphatic rings. The number of sulfonamides is 1. The molecule has 1 aliphatic carbocycles. The molecule has 0 saturated heterocycles. The van der Waals surface area contributed by atoms with Crippen molar-refractivity contribution in [2.24, 2.45) is 0 Å². The highest BCUT2D eigenvalue weighted by atomic mass is 32.2. The molecule has 0 bridgehead atoms. The summed E-state index contributed by atoms with van der Waals surface area (Å²) in [6.07, 6.45) is 3.21. The van der Waals surface area contributed by atoms with Crippen LogP contribution in [-0.4, -0.2) is 38.2 Å². The second-order valence-electron chi connectivity index (χ2n) is 8.71. The Labute approximate surface area is 203 Å². The first-order chi connectivity index (χ1) is 16.8. The van der Waals surface area contributed by atoms with Gasteiger partial charge >= 0.3 is 0 Å². The van der Waals surface area contributed by atoms with Gasteiger partial charge in [-0.05, 0) is 49.1 Å². The van der Waals surface area contributed by atoms with Gasteiger partial charge in [0.25, 0.3) is 5.91 Å². The fourth-order valence-electron chi connectivity index (χ4n) is 4.13. The summed E-state index contributed by atoms with van der Waals surface area (Å²) in [6.45, 7) is 1.69. The largest absolute Gasteiger partial charge is 0.497 e. The van der Waals surface area contributed by atoms with Crippen molar-refractivity contribution in [3.8, 4) is 11.5 Å². The summed E-state index contributed by atoms with van der Waals surface area (Å²) < 4.78 is 45.0. The maximum absolute atomic E-state index is 13.1. The molecule has 2 aromatic carbocycles. The summed E-state index contributed by atoms with van der Waals surface area (Å²) in [4.78, 5) is 18.7. The number of hydrogen-bond donors (Lipinski definition) is 1. The molecule has 1 amide bonds. The first kappa shape index (κ1) is 23.3. The van der Waals surface area contributed by atoms with Crippen LogP contribution in [0.25, 0.3) is 0 Å². The monoisotopic (exact) mass is 498 g/mol. The number of methoxy groups -OCH3 is 1. The SMILES string of the molecule is COc1cccc(CNS(=O)(=O)c2cc3c(cc2C)N(Cc2noc(C4CCC4)n2)C(=O)CO3)c1. The van der Waals surface area contributed by atoms with E-state index in [0.29, 0.717) is 40.4 Å². The molecule has 1 saturated carbocycles. The number of benzene rings is 2. The molecule has 0 atom stereocenters. The predicted octanol–water partition coefficient (Wildman–Crippen LogP) is 3.06. The maximum atomic E-state index is 13.1. The fraction of sp³-hybridized carbons (Fsp3) is 0.375. The van der Waals surface area contributed by atoms with Gasteiger partial charge in [0.2, 0.25) is 15.9 Å². The van der Waals surface area contributed by atoms with Gasteiger partial charge in [0.15, 0.2) is 12.4 Å². The van der Waals surface area contributed by atoms with E-state index in [1.807, 2.05) is 6.07 Å². The van der Waals surface area contributed by atoms with E-state index >= 15 is 0 Å². The molecule has 1 aromatic heterocycles. The van der Waals surface area contributed by atoms with Crippen molar-refractivity contribution < 1.29 is 27.2 Å². The van der Waals surface area contributed by atoms with Crippen LogP contribution in [0.5, 0.6) is 11.5 Å². The van der Waals surface area contributed by atoms with E-state index in [1.165, 1.54) is 11.0 Å². The van der Waals surface area contributed by atoms with E-state index in [4.69, 9.17) is 14.0 Å². The molecule has 0 spiro atoms. The number of hydrogen-bond acceptors (Lipinski definition) is 8. The van der Waals surface area contributed by atoms with Crippen molar-refractivity contribution in [3.05, 3.63) is 59.2 Å². The number of anilines is 1. The Morgan fingerprint density at radius 2 is 2.06 bits per heavy atom. The van der Waals surface area contributed by atoms with Gasteiger partial charge in [0, 0.05) is 18.5 Å². The Kier molecular flexibility index (Phi) is 6.20. The first-order valence-electron chi connectivity index (χ1n) is 11.4. The van der Waals surface area contributed by atoms with Crippen molar-refractivity contribution in [1.82, 2.24) is 14.9 Å². The highest BCUT2D eigenvalue weighted by Gasteiger charge is 2.31. The molecular formula is C24H26N4O6S. The van der Waals surface area contributed by atoms with Crippen molar-refractivity contribution in [3.63, 3.8) is 0 Å². The topological polar surface area (TPSA) is 124 Å². The third kappa shape index (κ3) is 4.73. The fourth-order valence-corrected chi connectivity index (χ4v) is 5.39. The van der Waals surface area contributed by atoms with Crippen molar-refractivity contribution in [1.29, 1.82) is 0 Å². The van der Waals surface area contributed by atoms with Gasteiger partial charge < -0.3 is 14.0 Å². The van der Waals surface area contributed by atoms with E-state index in [-0.39, 0.29) is 30.5 Å². The Bertz CT molecular complexity index is 1370. The summed E-state index contributed by atoms with van der Waals surface area (Å²) in [5.41, 5.74) is 1.71. The molecule has 5 rings (SSSR count). The zero-order valence-electron chi connectivity index (χ0n) is 19.5. The van der Waals surface area contributed by atoms with Crippen molar-refractivity contribution >= 4 is 21.6 Å². The number of fused-ring (bicyclic) bond motifs is 1. The summed E-state index contributed by atoms with van der Waals surface area (Å²) in [7, 11) is -2.29. The Morgan fingerprint density at radius 1 is 1.23 bits per heavy atom. The predicted molar refractivity (Wildman–Crippen MR) is 126 cm³/mol. The number of ether oxygens (including phenoxy) is 2. The number of nitrogens with zero attached hydrogens (tertiary/aromatic N) is 3. The lowest BCUT2D eigenvalue weighted by atomic mass is 9.85. The van der Waals surface area contributed by atoms with Crippen LogP contribution >= 0.6 is 0 Å². The molecule has 1 fully saturated rings. The maximum Gasteiger partial charge on any atom is 0.265 e. The number of rotatable bonds is 8. The van der Waals surface area contributed by atoms with Crippen LogP contribution in [0.15, 0.2) is 45.8 Å². The number of aryl methyl sites for hydroxylation is 1. The van der Waals surface area contributed by atoms with Crippen LogP contribution < -0.4 is 19.1 Å². The Hall–Kier alpha value is -3.44. The third-order valence-corrected chi connectivity index (χ3v) is 7.87. The summed E-state index contributed by atoms with van der Waals surface area (Å²) in [6, 6.07) is 10.3. The quantitative estimate of drug-likeness (QED) is 0.503. The zero-order chi connectivity index (χ0) is 24.6. The Morgan fingerprint density at radius 3 is 2.80 bits per heavy atom. The van der Waals surface area contributed by atoms with Crippen LogP contribution in [0.2, 0.25) is 0 Å². The van der Waals surface area contributed by atoms with E-state index in [1.54, 1.807) is 38.3 Å². The minimum atomic E-state index is -3.85. The lowest BCUT2D eigenvalue weighted by Crippen LogP contribution is -2.38. The molecule has 2 heterocycles. The minimum absolute atomic E-state index is 0.0836. The van der Waals surface area contributed by atoms with E-state index < -0.39 is 10.0 Å². The molecule has 1 aliphatic heterocycles. The second-order valence-corrected chi connectivity index (χ2v) is 10.4. The average Bonchev–Trinajstić information content (AvgIpc) is 3.26. The number of amides is 1. The van der Waals surface area contributed by atoms with E-state index in [2.05, 4.69) is 14.9 Å². The van der Waals surface area contributed by atoms with E-state index in [0.717, 1.165) is 24.8 Å². The average molecular weight is 499 g/mol. The van der Waals surface area contributed by atoms with Gasteiger partial charge in [-0.2, -0.15) is 4.98 Å². The number of nitrogens with one attached hydrogen (secondary N) is 1. The molecule has 184 valence electrons. The van der Waals surface area contributed by atoms with Crippen molar-refractivity contribution in [2.45, 2.75) is 50.1 Å². The zero-order valence-corrected chi connectivity index (χ0v) is 20.3. The van der Waals surface area contributed by atoms with Gasteiger partial charge in [-0.3, -0.25) is 9.69 Å². The van der Waals surface area contributed by atoms with Crippen LogP contribution in [-0.2, 0) is 27.9 Å². The summed E-state index contributed by atoms with van der Waals surface area (Å²) >= 11 is 0. The second kappa shape index (κ2) is 9.31. The van der Waals surface area contributed by atoms with E-state index in [9.17, 15) is 13.2 Å². The first-order valence-corrected chi connectivity index (χ1v) is 12.9. The normalized spacial score (nSPS) is 15.9. The molecule has 35 heavy (non-hydrogen) atoms. The van der Waals surface area contributed by atoms with Gasteiger partial charge in [-0.1, -0.05) is 23.7 Å². The molecule has 0 radical (unpaired) electrons. The van der Waals surface area contributed by atoms with Gasteiger partial charge in [0.1, 0.15) is 11.5 Å². The smallest absolute Gasteiger partial charge is 0.265 e. The lowest BCUT2D eigenvalue weighted by molar-refractivity contribution is -0.121. The highest BCUT2D eigenvalue weighted by molar-refractivity contribution is 7.89. The standard InChI is InChI=1S/C24H26N4O6S/c1-15-9-19-20(11-21(15)35(30,31)25-12-16-5-3-8-18(10-16)32-2)33-14-23(29)28(19)13-22-26-24(34-27-22)17-6-4-7-17/h3,5,8-11,17,25H,4,6-7,12-14H2,1-2H3. The molecule has 0 unspecified atom stereocenters. The van der Waals surface area contributed by atoms with Gasteiger partial charge in [0.05, 0.1) is 24.2 Å². The van der Waals surface area contributed by atoms with Gasteiger partial charge in [-0.25, -0.2) is 13.1 Å². The number of carbonyl (C=O) groups excluding carboxylic acids is 1. The van der Waals surface area contributed by atoms with Crippen LogP contribution in [0.1, 0.15) is 48.0 Å². The number of carbonyl (C=O) groups is 1. The lowest BCUT2D eigenvalue weighted by Gasteiger charge is -2.29. The minimum Gasteiger partial charge on any atom is -0.497 e. The molecule has 10 nitrogen and oxygen atoms in total. The molecular weight excluding hydrogens is 472 g/mol. The van der Waals surface area contributed by atoms with Gasteiger partial charge in [-0.15, -0.1) is 0 Å². The molecule has 1 N–H and O–H groups in total.